The third-order valence-corrected chi connectivity index (χ3v) is 13.0. The molecule has 6 aromatic carbocycles. The van der Waals surface area contributed by atoms with Gasteiger partial charge in [0.1, 0.15) is 34.6 Å². The summed E-state index contributed by atoms with van der Waals surface area (Å²) < 4.78 is 6.51. The molecule has 0 aromatic heterocycles. The number of nitrogens with zero attached hydrogens (tertiary/aromatic N) is 4. The van der Waals surface area contributed by atoms with E-state index in [1.165, 1.54) is 15.9 Å². The van der Waals surface area contributed by atoms with E-state index < -0.39 is 7.26 Å². The molecule has 0 aliphatic rings. The second-order valence-corrected chi connectivity index (χ2v) is 15.8. The first-order valence-corrected chi connectivity index (χ1v) is 19.6. The third kappa shape index (κ3) is 9.80. The summed E-state index contributed by atoms with van der Waals surface area (Å²) >= 11 is 11.0. The van der Waals surface area contributed by atoms with Crippen molar-refractivity contribution in [2.24, 2.45) is 20.4 Å². The maximum Gasteiger partial charge on any atom is 2.00 e. The minimum Gasteiger partial charge on any atom is -0.741 e. The second-order valence-electron chi connectivity index (χ2n) is 11.6. The van der Waals surface area contributed by atoms with Gasteiger partial charge < -0.3 is 40.6 Å². The smallest absolute Gasteiger partial charge is 0.741 e. The fourth-order valence-corrected chi connectivity index (χ4v) is 9.90. The quantitative estimate of drug-likeness (QED) is 0.0264. The molecule has 269 valence electrons. The number of amidine groups is 2. The Morgan fingerprint density at radius 3 is 1.64 bits per heavy atom. The number of fused-ring (bicyclic) bond motifs is 1. The predicted molar refractivity (Wildman–Crippen MR) is 226 cm³/mol. The van der Waals surface area contributed by atoms with Crippen molar-refractivity contribution in [2.75, 3.05) is 26.5 Å². The van der Waals surface area contributed by atoms with Crippen LogP contribution in [0.15, 0.2) is 184 Å². The van der Waals surface area contributed by atoms with Gasteiger partial charge in [0.25, 0.3) is 0 Å². The molecular weight excluding hydrogens is 763 g/mol. The predicted octanol–water partition coefficient (Wildman–Crippen LogP) is 6.53. The van der Waals surface area contributed by atoms with E-state index in [1.807, 2.05) is 60.7 Å². The van der Waals surface area contributed by atoms with Gasteiger partial charge in [0.15, 0.2) is 6.35 Å². The maximum absolute atomic E-state index is 6.51. The van der Waals surface area contributed by atoms with Gasteiger partial charge in [0.2, 0.25) is 0 Å². The average molecular weight is 801 g/mol. The molecule has 2 N–H and O–H groups in total. The van der Waals surface area contributed by atoms with Crippen LogP contribution in [0.25, 0.3) is 10.8 Å². The van der Waals surface area contributed by atoms with Gasteiger partial charge in [-0.2, -0.15) is 10.2 Å². The molecule has 1 radical (unpaired) electrons. The van der Waals surface area contributed by atoms with Gasteiger partial charge in [0.05, 0.1) is 6.61 Å². The van der Waals surface area contributed by atoms with Crippen LogP contribution in [0, 0.1) is 0 Å². The van der Waals surface area contributed by atoms with Gasteiger partial charge in [-0.25, -0.2) is 0 Å². The van der Waals surface area contributed by atoms with Crippen molar-refractivity contribution in [2.45, 2.75) is 0 Å². The SMILES string of the molecule is CN/C([S-])=N/N=C(/C(=N/N=C(\[S-])NCCOC[P+](c1ccccc1)(c1ccccc1)c1ccccc1)c1ccccc1)c1cccc2ccccc12.[Cu+2]. The summed E-state index contributed by atoms with van der Waals surface area (Å²) in [4.78, 5) is 0. The second kappa shape index (κ2) is 19.9. The first-order valence-electron chi connectivity index (χ1n) is 16.8. The summed E-state index contributed by atoms with van der Waals surface area (Å²) in [6, 6.07) is 55.9. The van der Waals surface area contributed by atoms with E-state index in [9.17, 15) is 0 Å². The van der Waals surface area contributed by atoms with Crippen LogP contribution in [-0.4, -0.2) is 48.3 Å². The van der Waals surface area contributed by atoms with Gasteiger partial charge in [-0.3, -0.25) is 0 Å². The fraction of sp³-hybridized carbons (Fsp3) is 0.0952. The molecular formula is C42H38CuN6OPS2+. The number of nitrogens with one attached hydrogen (secondary N) is 2. The Morgan fingerprint density at radius 2 is 1.06 bits per heavy atom. The van der Waals surface area contributed by atoms with E-state index in [4.69, 9.17) is 30.0 Å². The van der Waals surface area contributed by atoms with Crippen molar-refractivity contribution >= 4 is 81.0 Å². The molecule has 0 unspecified atom stereocenters. The van der Waals surface area contributed by atoms with Crippen molar-refractivity contribution in [1.29, 1.82) is 0 Å². The molecule has 0 aliphatic carbocycles. The molecule has 6 aromatic rings. The normalized spacial score (nSPS) is 12.6. The van der Waals surface area contributed by atoms with E-state index in [2.05, 4.69) is 134 Å². The summed E-state index contributed by atoms with van der Waals surface area (Å²) in [6.45, 7) is 0.870. The van der Waals surface area contributed by atoms with Crippen LogP contribution < -0.4 is 26.5 Å². The molecule has 7 nitrogen and oxygen atoms in total. The van der Waals surface area contributed by atoms with Crippen molar-refractivity contribution in [3.05, 3.63) is 175 Å². The number of hydrogen-bond acceptors (Lipinski definition) is 7. The van der Waals surface area contributed by atoms with Crippen LogP contribution in [0.4, 0.5) is 0 Å². The first kappa shape index (κ1) is 39.4. The summed E-state index contributed by atoms with van der Waals surface area (Å²) in [5, 5.41) is 30.4. The number of hydrogen-bond donors (Lipinski definition) is 2. The molecule has 0 saturated heterocycles. The van der Waals surface area contributed by atoms with Crippen LogP contribution in [0.5, 0.6) is 0 Å². The van der Waals surface area contributed by atoms with Crippen molar-refractivity contribution in [3.8, 4) is 0 Å². The molecule has 53 heavy (non-hydrogen) atoms. The summed E-state index contributed by atoms with van der Waals surface area (Å²) in [5.74, 6) is 0. The summed E-state index contributed by atoms with van der Waals surface area (Å²) in [6.07, 6.45) is 0.537. The maximum atomic E-state index is 6.51. The van der Waals surface area contributed by atoms with E-state index in [0.29, 0.717) is 30.9 Å². The van der Waals surface area contributed by atoms with Gasteiger partial charge in [-0.15, -0.1) is 10.2 Å². The fourth-order valence-electron chi connectivity index (χ4n) is 5.92. The molecule has 0 bridgehead atoms. The monoisotopic (exact) mass is 800 g/mol. The zero-order valence-electron chi connectivity index (χ0n) is 29.0. The van der Waals surface area contributed by atoms with Crippen LogP contribution in [0.3, 0.4) is 0 Å². The Kier molecular flexibility index (Phi) is 14.8. The van der Waals surface area contributed by atoms with E-state index in [1.54, 1.807) is 7.05 Å². The Morgan fingerprint density at radius 1 is 0.566 bits per heavy atom. The largest absolute Gasteiger partial charge is 2.00 e. The van der Waals surface area contributed by atoms with Crippen molar-refractivity contribution < 1.29 is 21.8 Å². The molecule has 0 amide bonds. The van der Waals surface area contributed by atoms with Gasteiger partial charge in [-0.05, 0) is 57.5 Å². The third-order valence-electron chi connectivity index (χ3n) is 8.41. The van der Waals surface area contributed by atoms with E-state index >= 15 is 0 Å². The van der Waals surface area contributed by atoms with Crippen LogP contribution in [0.2, 0.25) is 0 Å². The zero-order chi connectivity index (χ0) is 36.0. The molecule has 6 rings (SSSR count). The molecule has 0 spiro atoms. The van der Waals surface area contributed by atoms with E-state index in [-0.39, 0.29) is 27.4 Å². The standard InChI is InChI=1S/C42H39N6OPS2.Cu/c1-43-41(51)47-46-40(38-28-16-20-32-17-14-15-27-37(32)38)39(33-18-6-2-7-19-33)45-48-42(52)44-29-30-49-31-50(34-21-8-3-9-22-34,35-23-10-4-11-24-35)36-25-12-5-13-26-36;/h2-28H,29-31H2,1H3,(H3-,43,44,45,46,47,48,51,52);/q;+2/p-1. The van der Waals surface area contributed by atoms with Crippen molar-refractivity contribution in [3.63, 3.8) is 0 Å². The van der Waals surface area contributed by atoms with Crippen LogP contribution in [-0.2, 0) is 47.1 Å². The Balaban J connectivity index is 0.00000541. The molecule has 11 heteroatoms. The van der Waals surface area contributed by atoms with Crippen molar-refractivity contribution in [1.82, 2.24) is 10.6 Å². The van der Waals surface area contributed by atoms with E-state index in [0.717, 1.165) is 21.9 Å². The summed E-state index contributed by atoms with van der Waals surface area (Å²) in [7, 11) is -0.406. The zero-order valence-corrected chi connectivity index (χ0v) is 32.4. The van der Waals surface area contributed by atoms with Gasteiger partial charge >= 0.3 is 17.1 Å². The summed E-state index contributed by atoms with van der Waals surface area (Å²) in [5.41, 5.74) is 2.66. The molecule has 0 heterocycles. The topological polar surface area (TPSA) is 82.7 Å². The number of rotatable bonds is 13. The van der Waals surface area contributed by atoms with Crippen LogP contribution in [0.1, 0.15) is 11.1 Å². The first-order chi connectivity index (χ1) is 25.6. The average Bonchev–Trinajstić information content (AvgIpc) is 3.21. The van der Waals surface area contributed by atoms with Gasteiger partial charge in [0, 0.05) is 24.7 Å². The Hall–Kier alpha value is -4.79. The Labute approximate surface area is 333 Å². The minimum absolute atomic E-state index is 0. The molecule has 0 atom stereocenters. The molecule has 0 aliphatic heterocycles. The van der Waals surface area contributed by atoms with Gasteiger partial charge in [-0.1, -0.05) is 127 Å². The molecule has 0 fully saturated rings. The van der Waals surface area contributed by atoms with Crippen LogP contribution >= 0.6 is 7.26 Å². The minimum atomic E-state index is -2.12. The number of benzene rings is 6. The Bertz CT molecular complexity index is 2090. The molecule has 0 saturated carbocycles. The number of ether oxygens (including phenoxy) is 1.